The minimum Gasteiger partial charge on any atom is -0.382 e. The first-order valence-corrected chi connectivity index (χ1v) is 10.6. The van der Waals surface area contributed by atoms with E-state index in [1.165, 1.54) is 0 Å². The third-order valence-corrected chi connectivity index (χ3v) is 5.76. The Balaban J connectivity index is 4.84. The quantitative estimate of drug-likeness (QED) is 0.316. The van der Waals surface area contributed by atoms with Gasteiger partial charge in [0.05, 0.1) is 49.8 Å². The number of rotatable bonds is 19. The van der Waals surface area contributed by atoms with Crippen LogP contribution in [0.25, 0.3) is 0 Å². The van der Waals surface area contributed by atoms with Crippen molar-refractivity contribution >= 4 is 0 Å². The molecule has 0 aliphatic heterocycles. The first-order chi connectivity index (χ1) is 13.7. The fourth-order valence-electron chi connectivity index (χ4n) is 3.14. The SMILES string of the molecule is CCC(C)(CC(COC)OC)OCC(CC(C)(CC)OCC(COC)OC)OC. The second-order valence-electron chi connectivity index (χ2n) is 8.12. The van der Waals surface area contributed by atoms with Crippen molar-refractivity contribution in [2.24, 2.45) is 0 Å². The van der Waals surface area contributed by atoms with Gasteiger partial charge in [-0.2, -0.15) is 0 Å². The van der Waals surface area contributed by atoms with E-state index in [-0.39, 0.29) is 29.5 Å². The summed E-state index contributed by atoms with van der Waals surface area (Å²) in [7, 11) is 8.45. The van der Waals surface area contributed by atoms with Gasteiger partial charge in [-0.15, -0.1) is 0 Å². The van der Waals surface area contributed by atoms with Gasteiger partial charge in [0.25, 0.3) is 0 Å². The molecule has 0 aliphatic carbocycles. The highest BCUT2D eigenvalue weighted by Gasteiger charge is 2.32. The Labute approximate surface area is 178 Å². The lowest BCUT2D eigenvalue weighted by Crippen LogP contribution is -2.41. The van der Waals surface area contributed by atoms with Crippen molar-refractivity contribution in [1.29, 1.82) is 0 Å². The van der Waals surface area contributed by atoms with E-state index in [2.05, 4.69) is 27.7 Å². The molecule has 0 aromatic heterocycles. The topological polar surface area (TPSA) is 64.6 Å². The van der Waals surface area contributed by atoms with Gasteiger partial charge >= 0.3 is 0 Å². The number of ether oxygens (including phenoxy) is 7. The van der Waals surface area contributed by atoms with Crippen LogP contribution in [0.5, 0.6) is 0 Å². The van der Waals surface area contributed by atoms with Gasteiger partial charge in [-0.25, -0.2) is 0 Å². The first-order valence-electron chi connectivity index (χ1n) is 10.6. The van der Waals surface area contributed by atoms with Crippen molar-refractivity contribution in [2.45, 2.75) is 82.9 Å². The van der Waals surface area contributed by atoms with Crippen molar-refractivity contribution in [1.82, 2.24) is 0 Å². The average molecular weight is 423 g/mol. The average Bonchev–Trinajstić information content (AvgIpc) is 2.73. The van der Waals surface area contributed by atoms with E-state index >= 15 is 0 Å². The van der Waals surface area contributed by atoms with E-state index in [9.17, 15) is 0 Å². The van der Waals surface area contributed by atoms with Crippen LogP contribution in [-0.2, 0) is 33.2 Å². The molecule has 0 spiro atoms. The fourth-order valence-corrected chi connectivity index (χ4v) is 3.14. The van der Waals surface area contributed by atoms with E-state index < -0.39 is 0 Å². The number of hydrogen-bond donors (Lipinski definition) is 0. The third-order valence-electron chi connectivity index (χ3n) is 5.76. The molecule has 0 radical (unpaired) electrons. The highest BCUT2D eigenvalue weighted by molar-refractivity contribution is 4.82. The van der Waals surface area contributed by atoms with E-state index in [4.69, 9.17) is 33.2 Å². The van der Waals surface area contributed by atoms with Gasteiger partial charge in [-0.1, -0.05) is 13.8 Å². The van der Waals surface area contributed by atoms with Crippen molar-refractivity contribution in [3.63, 3.8) is 0 Å². The Morgan fingerprint density at radius 3 is 1.24 bits per heavy atom. The molecular weight excluding hydrogens is 376 g/mol. The van der Waals surface area contributed by atoms with Crippen molar-refractivity contribution in [3.8, 4) is 0 Å². The molecule has 176 valence electrons. The Kier molecular flexibility index (Phi) is 15.4. The predicted molar refractivity (Wildman–Crippen MR) is 115 cm³/mol. The van der Waals surface area contributed by atoms with Gasteiger partial charge in [0.1, 0.15) is 6.10 Å². The number of methoxy groups -OCH3 is 5. The Morgan fingerprint density at radius 1 is 0.552 bits per heavy atom. The van der Waals surface area contributed by atoms with Crippen LogP contribution in [0.2, 0.25) is 0 Å². The molecule has 0 N–H and O–H groups in total. The molecule has 5 unspecified atom stereocenters. The summed E-state index contributed by atoms with van der Waals surface area (Å²) in [5.74, 6) is 0. The highest BCUT2D eigenvalue weighted by atomic mass is 16.6. The molecule has 7 heteroatoms. The molecule has 5 atom stereocenters. The predicted octanol–water partition coefficient (Wildman–Crippen LogP) is 3.48. The van der Waals surface area contributed by atoms with E-state index in [0.717, 1.165) is 25.7 Å². The number of hydrogen-bond acceptors (Lipinski definition) is 7. The normalized spacial score (nSPS) is 19.3. The van der Waals surface area contributed by atoms with Crippen molar-refractivity contribution < 1.29 is 33.2 Å². The molecule has 0 fully saturated rings. The molecule has 0 bridgehead atoms. The van der Waals surface area contributed by atoms with Crippen LogP contribution in [0.1, 0.15) is 53.4 Å². The summed E-state index contributed by atoms with van der Waals surface area (Å²) in [4.78, 5) is 0. The summed E-state index contributed by atoms with van der Waals surface area (Å²) in [6.07, 6.45) is 3.08. The summed E-state index contributed by atoms with van der Waals surface area (Å²) in [6, 6.07) is 0. The molecule has 0 aliphatic rings. The van der Waals surface area contributed by atoms with Gasteiger partial charge in [-0.05, 0) is 26.7 Å². The maximum absolute atomic E-state index is 6.33. The van der Waals surface area contributed by atoms with Gasteiger partial charge in [0, 0.05) is 48.4 Å². The highest BCUT2D eigenvalue weighted by Crippen LogP contribution is 2.27. The summed E-state index contributed by atoms with van der Waals surface area (Å²) >= 11 is 0. The molecule has 0 amide bonds. The monoisotopic (exact) mass is 422 g/mol. The lowest BCUT2D eigenvalue weighted by molar-refractivity contribution is -0.141. The van der Waals surface area contributed by atoms with Crippen LogP contribution < -0.4 is 0 Å². The molecule has 0 heterocycles. The van der Waals surface area contributed by atoms with E-state index in [0.29, 0.717) is 26.4 Å². The summed E-state index contributed by atoms with van der Waals surface area (Å²) in [6.45, 7) is 10.5. The minimum atomic E-state index is -0.331. The Morgan fingerprint density at radius 2 is 0.897 bits per heavy atom. The smallest absolute Gasteiger partial charge is 0.104 e. The zero-order chi connectivity index (χ0) is 22.3. The van der Waals surface area contributed by atoms with Crippen LogP contribution >= 0.6 is 0 Å². The van der Waals surface area contributed by atoms with Gasteiger partial charge in [0.2, 0.25) is 0 Å². The van der Waals surface area contributed by atoms with Crippen LogP contribution in [0.15, 0.2) is 0 Å². The summed E-state index contributed by atoms with van der Waals surface area (Å²) < 4.78 is 39.6. The first kappa shape index (κ1) is 28.7. The molecular formula is C22H46O7. The molecule has 0 rings (SSSR count). The minimum absolute atomic E-state index is 0.00180. The molecule has 0 aromatic rings. The lowest BCUT2D eigenvalue weighted by Gasteiger charge is -2.36. The van der Waals surface area contributed by atoms with Crippen LogP contribution in [-0.4, -0.2) is 91.5 Å². The Hall–Kier alpha value is -0.280. The fraction of sp³-hybridized carbons (Fsp3) is 1.00. The molecule has 0 saturated carbocycles. The zero-order valence-corrected chi connectivity index (χ0v) is 20.2. The van der Waals surface area contributed by atoms with Crippen molar-refractivity contribution in [3.05, 3.63) is 0 Å². The van der Waals surface area contributed by atoms with Crippen LogP contribution in [0, 0.1) is 0 Å². The molecule has 7 nitrogen and oxygen atoms in total. The molecule has 29 heavy (non-hydrogen) atoms. The summed E-state index contributed by atoms with van der Waals surface area (Å²) in [5, 5.41) is 0. The molecule has 0 saturated heterocycles. The lowest BCUT2D eigenvalue weighted by atomic mass is 9.93. The largest absolute Gasteiger partial charge is 0.382 e. The van der Waals surface area contributed by atoms with Crippen molar-refractivity contribution in [2.75, 3.05) is 62.0 Å². The van der Waals surface area contributed by atoms with Gasteiger partial charge < -0.3 is 33.2 Å². The van der Waals surface area contributed by atoms with Crippen LogP contribution in [0.4, 0.5) is 0 Å². The second kappa shape index (κ2) is 15.5. The summed E-state index contributed by atoms with van der Waals surface area (Å²) in [5.41, 5.74) is -0.638. The second-order valence-corrected chi connectivity index (χ2v) is 8.12. The van der Waals surface area contributed by atoms with E-state index in [1.54, 1.807) is 35.5 Å². The van der Waals surface area contributed by atoms with Gasteiger partial charge in [-0.3, -0.25) is 0 Å². The zero-order valence-electron chi connectivity index (χ0n) is 20.2. The van der Waals surface area contributed by atoms with Gasteiger partial charge in [0.15, 0.2) is 0 Å². The maximum Gasteiger partial charge on any atom is 0.104 e. The molecule has 0 aromatic carbocycles. The van der Waals surface area contributed by atoms with E-state index in [1.807, 2.05) is 0 Å². The third kappa shape index (κ3) is 11.6. The van der Waals surface area contributed by atoms with Crippen LogP contribution in [0.3, 0.4) is 0 Å². The maximum atomic E-state index is 6.33. The standard InChI is InChI=1S/C22H46O7/c1-10-21(3,12-18(25-7)14-23-5)28-16-19(26-8)13-22(4,11-2)29-17-20(27-9)15-24-6/h18-20H,10-17H2,1-9H3. The Bertz CT molecular complexity index is 395.